The molecule has 7 heteroatoms. The number of ether oxygens (including phenoxy) is 1. The Morgan fingerprint density at radius 3 is 2.31 bits per heavy atom. The molecule has 1 heterocycles. The third-order valence-electron chi connectivity index (χ3n) is 3.60. The first-order chi connectivity index (χ1) is 12.5. The lowest BCUT2D eigenvalue weighted by Gasteiger charge is -2.11. The zero-order chi connectivity index (χ0) is 18.5. The molecule has 3 rings (SSSR count). The largest absolute Gasteiger partial charge is 0.497 e. The van der Waals surface area contributed by atoms with Gasteiger partial charge in [-0.05, 0) is 42.8 Å². The van der Waals surface area contributed by atoms with Crippen LogP contribution < -0.4 is 15.4 Å². The van der Waals surface area contributed by atoms with Crippen LogP contribution in [0.2, 0.25) is 10.0 Å². The molecule has 0 aliphatic heterocycles. The van der Waals surface area contributed by atoms with Crippen LogP contribution in [-0.4, -0.2) is 17.1 Å². The Bertz CT molecular complexity index is 880. The predicted molar refractivity (Wildman–Crippen MR) is 107 cm³/mol. The van der Waals surface area contributed by atoms with Crippen molar-refractivity contribution in [3.8, 4) is 5.75 Å². The second-order valence-corrected chi connectivity index (χ2v) is 6.58. The van der Waals surface area contributed by atoms with Crippen LogP contribution >= 0.6 is 23.2 Å². The van der Waals surface area contributed by atoms with Crippen molar-refractivity contribution in [3.63, 3.8) is 0 Å². The maximum absolute atomic E-state index is 6.04. The van der Waals surface area contributed by atoms with E-state index in [0.29, 0.717) is 28.4 Å². The molecule has 0 saturated carbocycles. The Balaban J connectivity index is 1.72. The van der Waals surface area contributed by atoms with Crippen molar-refractivity contribution < 1.29 is 4.74 Å². The van der Waals surface area contributed by atoms with E-state index in [1.54, 1.807) is 25.3 Å². The molecule has 3 aromatic rings. The van der Waals surface area contributed by atoms with Crippen molar-refractivity contribution in [2.24, 2.45) is 0 Å². The van der Waals surface area contributed by atoms with Crippen LogP contribution in [0.4, 0.5) is 17.5 Å². The van der Waals surface area contributed by atoms with Gasteiger partial charge in [0.25, 0.3) is 0 Å². The van der Waals surface area contributed by atoms with E-state index in [-0.39, 0.29) is 0 Å². The van der Waals surface area contributed by atoms with E-state index in [1.807, 2.05) is 37.3 Å². The molecule has 0 saturated heterocycles. The fourth-order valence-corrected chi connectivity index (χ4v) is 2.94. The van der Waals surface area contributed by atoms with Crippen LogP contribution in [0.5, 0.6) is 5.75 Å². The summed E-state index contributed by atoms with van der Waals surface area (Å²) in [5.74, 6) is 2.02. The van der Waals surface area contributed by atoms with E-state index >= 15 is 0 Å². The van der Waals surface area contributed by atoms with Gasteiger partial charge in [-0.25, -0.2) is 4.98 Å². The maximum Gasteiger partial charge on any atom is 0.225 e. The molecule has 0 aliphatic carbocycles. The number of aromatic nitrogens is 2. The normalized spacial score (nSPS) is 10.5. The first-order valence-electron chi connectivity index (χ1n) is 7.97. The highest BCUT2D eigenvalue weighted by molar-refractivity contribution is 6.35. The van der Waals surface area contributed by atoms with Gasteiger partial charge < -0.3 is 15.4 Å². The highest BCUT2D eigenvalue weighted by Crippen LogP contribution is 2.25. The fraction of sp³-hybridized carbons (Fsp3) is 0.158. The summed E-state index contributed by atoms with van der Waals surface area (Å²) in [6, 6.07) is 14.9. The summed E-state index contributed by atoms with van der Waals surface area (Å²) >= 11 is 12.1. The second kappa shape index (κ2) is 8.25. The highest BCUT2D eigenvalue weighted by Gasteiger charge is 2.05. The summed E-state index contributed by atoms with van der Waals surface area (Å²) in [5, 5.41) is 7.55. The minimum Gasteiger partial charge on any atom is -0.497 e. The SMILES string of the molecule is COc1ccc(CNc2nc(C)cc(Nc3cc(Cl)cc(Cl)c3)n2)cc1. The van der Waals surface area contributed by atoms with Gasteiger partial charge in [0, 0.05) is 34.0 Å². The van der Waals surface area contributed by atoms with Crippen molar-refractivity contribution in [1.82, 2.24) is 9.97 Å². The van der Waals surface area contributed by atoms with Crippen molar-refractivity contribution in [2.45, 2.75) is 13.5 Å². The standard InChI is InChI=1S/C19H18Cl2N4O/c1-12-7-18(24-16-9-14(20)8-15(21)10-16)25-19(23-12)22-11-13-3-5-17(26-2)6-4-13/h3-10H,11H2,1-2H3,(H2,22,23,24,25). The molecule has 134 valence electrons. The van der Waals surface area contributed by atoms with Crippen LogP contribution in [0.3, 0.4) is 0 Å². The molecule has 0 radical (unpaired) electrons. The smallest absolute Gasteiger partial charge is 0.225 e. The molecule has 2 aromatic carbocycles. The summed E-state index contributed by atoms with van der Waals surface area (Å²) in [7, 11) is 1.65. The summed E-state index contributed by atoms with van der Waals surface area (Å²) < 4.78 is 5.16. The van der Waals surface area contributed by atoms with Gasteiger partial charge in [0.2, 0.25) is 5.95 Å². The quantitative estimate of drug-likeness (QED) is 0.587. The van der Waals surface area contributed by atoms with Gasteiger partial charge >= 0.3 is 0 Å². The molecule has 5 nitrogen and oxygen atoms in total. The first-order valence-corrected chi connectivity index (χ1v) is 8.73. The van der Waals surface area contributed by atoms with Gasteiger partial charge in [-0.15, -0.1) is 0 Å². The number of hydrogen-bond acceptors (Lipinski definition) is 5. The van der Waals surface area contributed by atoms with E-state index in [1.165, 1.54) is 0 Å². The summed E-state index contributed by atoms with van der Waals surface area (Å²) in [6.45, 7) is 2.52. The average Bonchev–Trinajstić information content (AvgIpc) is 2.59. The molecule has 0 bridgehead atoms. The minimum absolute atomic E-state index is 0.538. The lowest BCUT2D eigenvalue weighted by atomic mass is 10.2. The zero-order valence-electron chi connectivity index (χ0n) is 14.4. The van der Waals surface area contributed by atoms with E-state index in [4.69, 9.17) is 27.9 Å². The molecular weight excluding hydrogens is 371 g/mol. The zero-order valence-corrected chi connectivity index (χ0v) is 15.9. The third-order valence-corrected chi connectivity index (χ3v) is 4.04. The molecule has 0 atom stereocenters. The predicted octanol–water partition coefficient (Wildman–Crippen LogP) is 5.46. The average molecular weight is 389 g/mol. The number of rotatable bonds is 6. The van der Waals surface area contributed by atoms with E-state index in [9.17, 15) is 0 Å². The summed E-state index contributed by atoms with van der Waals surface area (Å²) in [6.07, 6.45) is 0. The number of methoxy groups -OCH3 is 1. The molecule has 0 unspecified atom stereocenters. The Morgan fingerprint density at radius 1 is 0.962 bits per heavy atom. The van der Waals surface area contributed by atoms with Crippen LogP contribution in [0.1, 0.15) is 11.3 Å². The fourth-order valence-electron chi connectivity index (χ4n) is 2.41. The van der Waals surface area contributed by atoms with E-state index < -0.39 is 0 Å². The van der Waals surface area contributed by atoms with Gasteiger partial charge in [0.1, 0.15) is 11.6 Å². The second-order valence-electron chi connectivity index (χ2n) is 5.70. The molecular formula is C19H18Cl2N4O. The number of hydrogen-bond donors (Lipinski definition) is 2. The van der Waals surface area contributed by atoms with Crippen molar-refractivity contribution >= 4 is 40.7 Å². The van der Waals surface area contributed by atoms with Gasteiger partial charge in [-0.3, -0.25) is 0 Å². The molecule has 0 amide bonds. The summed E-state index contributed by atoms with van der Waals surface area (Å²) in [5.41, 5.74) is 2.71. The Labute approximate surface area is 162 Å². The monoisotopic (exact) mass is 388 g/mol. The Hall–Kier alpha value is -2.50. The van der Waals surface area contributed by atoms with E-state index in [2.05, 4.69) is 20.6 Å². The van der Waals surface area contributed by atoms with Crippen LogP contribution in [-0.2, 0) is 6.54 Å². The molecule has 1 aromatic heterocycles. The highest BCUT2D eigenvalue weighted by atomic mass is 35.5. The van der Waals surface area contributed by atoms with Crippen molar-refractivity contribution in [2.75, 3.05) is 17.7 Å². The van der Waals surface area contributed by atoms with Crippen molar-refractivity contribution in [3.05, 3.63) is 69.8 Å². The number of anilines is 3. The number of halogens is 2. The maximum atomic E-state index is 6.04. The lowest BCUT2D eigenvalue weighted by molar-refractivity contribution is 0.414. The number of nitrogens with zero attached hydrogens (tertiary/aromatic N) is 2. The molecule has 0 spiro atoms. The van der Waals surface area contributed by atoms with Gasteiger partial charge in [0.05, 0.1) is 7.11 Å². The first kappa shape index (κ1) is 18.3. The van der Waals surface area contributed by atoms with Crippen LogP contribution in [0.25, 0.3) is 0 Å². The molecule has 0 fully saturated rings. The lowest BCUT2D eigenvalue weighted by Crippen LogP contribution is -2.06. The van der Waals surface area contributed by atoms with Gasteiger partial charge in [-0.1, -0.05) is 35.3 Å². The summed E-state index contributed by atoms with van der Waals surface area (Å²) in [4.78, 5) is 8.91. The van der Waals surface area contributed by atoms with Crippen LogP contribution in [0, 0.1) is 6.92 Å². The van der Waals surface area contributed by atoms with Crippen molar-refractivity contribution in [1.29, 1.82) is 0 Å². The van der Waals surface area contributed by atoms with Crippen LogP contribution in [0.15, 0.2) is 48.5 Å². The molecule has 26 heavy (non-hydrogen) atoms. The molecule has 0 aliphatic rings. The van der Waals surface area contributed by atoms with E-state index in [0.717, 1.165) is 22.7 Å². The van der Waals surface area contributed by atoms with Gasteiger partial charge in [-0.2, -0.15) is 4.98 Å². The number of aryl methyl sites for hydroxylation is 1. The number of benzene rings is 2. The molecule has 2 N–H and O–H groups in total. The Morgan fingerprint density at radius 2 is 1.65 bits per heavy atom. The van der Waals surface area contributed by atoms with Gasteiger partial charge in [0.15, 0.2) is 0 Å². The Kier molecular flexibility index (Phi) is 5.81. The minimum atomic E-state index is 0.538. The topological polar surface area (TPSA) is 59.1 Å². The third kappa shape index (κ3) is 5.00. The number of nitrogens with one attached hydrogen (secondary N) is 2.